The molecule has 0 saturated heterocycles. The molecular formula is C58H41N. The lowest BCUT2D eigenvalue weighted by Gasteiger charge is -2.30. The monoisotopic (exact) mass is 751 g/mol. The molecule has 0 saturated carbocycles. The number of fused-ring (bicyclic) bond motifs is 5. The van der Waals surface area contributed by atoms with Crippen molar-refractivity contribution in [3.63, 3.8) is 0 Å². The molecule has 0 aromatic heterocycles. The van der Waals surface area contributed by atoms with Crippen LogP contribution in [0.1, 0.15) is 23.6 Å². The maximum Gasteiger partial charge on any atom is 0.0540 e. The molecule has 11 rings (SSSR count). The molecule has 59 heavy (non-hydrogen) atoms. The van der Waals surface area contributed by atoms with Gasteiger partial charge in [0, 0.05) is 22.4 Å². The molecule has 0 amide bonds. The van der Waals surface area contributed by atoms with E-state index < -0.39 is 0 Å². The van der Waals surface area contributed by atoms with E-state index in [0.717, 1.165) is 17.1 Å². The molecule has 278 valence electrons. The Morgan fingerprint density at radius 1 is 0.339 bits per heavy atom. The molecule has 0 bridgehead atoms. The highest BCUT2D eigenvalue weighted by Gasteiger charge is 2.41. The molecule has 1 unspecified atom stereocenters. The molecule has 0 N–H and O–H groups in total. The minimum atomic E-state index is -0.279. The molecule has 10 aromatic carbocycles. The zero-order valence-electron chi connectivity index (χ0n) is 32.9. The van der Waals surface area contributed by atoms with Gasteiger partial charge in [-0.05, 0) is 114 Å². The lowest BCUT2D eigenvalue weighted by Crippen LogP contribution is -2.22. The van der Waals surface area contributed by atoms with Crippen molar-refractivity contribution in [3.05, 3.63) is 247 Å². The van der Waals surface area contributed by atoms with Crippen LogP contribution >= 0.6 is 0 Å². The Hall–Kier alpha value is -7.48. The first-order valence-corrected chi connectivity index (χ1v) is 20.5. The first-order valence-electron chi connectivity index (χ1n) is 20.5. The van der Waals surface area contributed by atoms with Crippen LogP contribution < -0.4 is 4.90 Å². The van der Waals surface area contributed by atoms with Crippen LogP contribution in [0.5, 0.6) is 0 Å². The SMILES string of the molecule is CC1(c2ccccc2)c2ccccc2-c2c(-c3ccccc3N(c3ccc(-c4ccc(-c5cccc6ccccc56)cc4)cc3)c3ccc4ccccc4c3)cccc21. The van der Waals surface area contributed by atoms with E-state index in [4.69, 9.17) is 0 Å². The Kier molecular flexibility index (Phi) is 8.34. The second-order valence-electron chi connectivity index (χ2n) is 15.8. The van der Waals surface area contributed by atoms with E-state index in [0.29, 0.717) is 0 Å². The summed E-state index contributed by atoms with van der Waals surface area (Å²) in [5.74, 6) is 0. The summed E-state index contributed by atoms with van der Waals surface area (Å²) in [5, 5.41) is 4.97. The number of rotatable bonds is 7. The lowest BCUT2D eigenvalue weighted by molar-refractivity contribution is 0.714. The second-order valence-corrected chi connectivity index (χ2v) is 15.8. The van der Waals surface area contributed by atoms with Crippen molar-refractivity contribution in [1.82, 2.24) is 0 Å². The van der Waals surface area contributed by atoms with Gasteiger partial charge in [0.25, 0.3) is 0 Å². The third kappa shape index (κ3) is 5.77. The molecule has 1 heteroatoms. The topological polar surface area (TPSA) is 3.24 Å². The van der Waals surface area contributed by atoms with Gasteiger partial charge in [0.2, 0.25) is 0 Å². The van der Waals surface area contributed by atoms with E-state index in [1.54, 1.807) is 0 Å². The Morgan fingerprint density at radius 3 is 1.69 bits per heavy atom. The summed E-state index contributed by atoms with van der Waals surface area (Å²) in [4.78, 5) is 2.44. The van der Waals surface area contributed by atoms with E-state index >= 15 is 0 Å². The molecule has 0 fully saturated rings. The van der Waals surface area contributed by atoms with Crippen molar-refractivity contribution < 1.29 is 0 Å². The van der Waals surface area contributed by atoms with E-state index in [9.17, 15) is 0 Å². The zero-order valence-corrected chi connectivity index (χ0v) is 32.9. The average Bonchev–Trinajstić information content (AvgIpc) is 3.58. The summed E-state index contributed by atoms with van der Waals surface area (Å²) in [6.45, 7) is 2.39. The molecule has 1 nitrogen and oxygen atoms in total. The molecule has 0 spiro atoms. The number of nitrogens with zero attached hydrogens (tertiary/aromatic N) is 1. The summed E-state index contributed by atoms with van der Waals surface area (Å²) in [6.07, 6.45) is 0. The maximum absolute atomic E-state index is 2.44. The third-order valence-electron chi connectivity index (χ3n) is 12.6. The van der Waals surface area contributed by atoms with Crippen molar-refractivity contribution in [1.29, 1.82) is 0 Å². The summed E-state index contributed by atoms with van der Waals surface area (Å²) < 4.78 is 0. The van der Waals surface area contributed by atoms with Crippen LogP contribution in [0.15, 0.2) is 231 Å². The van der Waals surface area contributed by atoms with Gasteiger partial charge >= 0.3 is 0 Å². The summed E-state index contributed by atoms with van der Waals surface area (Å²) in [6, 6.07) is 84.5. The largest absolute Gasteiger partial charge is 0.310 e. The van der Waals surface area contributed by atoms with Crippen LogP contribution in [0, 0.1) is 0 Å². The fourth-order valence-electron chi connectivity index (χ4n) is 9.61. The third-order valence-corrected chi connectivity index (χ3v) is 12.6. The molecule has 1 aliphatic carbocycles. The molecule has 1 atom stereocenters. The molecule has 0 heterocycles. The maximum atomic E-state index is 2.44. The van der Waals surface area contributed by atoms with E-state index in [-0.39, 0.29) is 5.41 Å². The van der Waals surface area contributed by atoms with Gasteiger partial charge in [-0.25, -0.2) is 0 Å². The van der Waals surface area contributed by atoms with Crippen LogP contribution in [0.25, 0.3) is 66.1 Å². The Labute approximate surface area is 346 Å². The summed E-state index contributed by atoms with van der Waals surface area (Å²) in [5.41, 5.74) is 16.9. The van der Waals surface area contributed by atoms with Gasteiger partial charge in [0.15, 0.2) is 0 Å². The van der Waals surface area contributed by atoms with Gasteiger partial charge in [-0.3, -0.25) is 0 Å². The van der Waals surface area contributed by atoms with E-state index in [2.05, 4.69) is 242 Å². The molecule has 1 aliphatic rings. The summed E-state index contributed by atoms with van der Waals surface area (Å²) >= 11 is 0. The quantitative estimate of drug-likeness (QED) is 0.157. The minimum Gasteiger partial charge on any atom is -0.310 e. The predicted octanol–water partition coefficient (Wildman–Crippen LogP) is 15.8. The van der Waals surface area contributed by atoms with Crippen LogP contribution in [0.3, 0.4) is 0 Å². The Balaban J connectivity index is 1.04. The minimum absolute atomic E-state index is 0.279. The van der Waals surface area contributed by atoms with Gasteiger partial charge in [-0.15, -0.1) is 0 Å². The first-order chi connectivity index (χ1) is 29.1. The van der Waals surface area contributed by atoms with E-state index in [1.807, 2.05) is 0 Å². The standard InChI is InChI=1S/C58H41N/c1-58(46-19-3-2-4-20-46)54-26-11-9-23-53(54)57-52(25-14-27-55(57)58)51-22-10-12-28-56(51)59(48-38-35-40-15-5-6-17-45(40)39-48)47-36-33-42(34-37-47)41-29-31-44(32-30-41)50-24-13-18-43-16-7-8-21-49(43)50/h2-39H,1H3. The highest BCUT2D eigenvalue weighted by molar-refractivity contribution is 6.00. The van der Waals surface area contributed by atoms with Crippen molar-refractivity contribution in [3.8, 4) is 44.5 Å². The van der Waals surface area contributed by atoms with E-state index in [1.165, 1.54) is 82.7 Å². The van der Waals surface area contributed by atoms with Crippen molar-refractivity contribution in [2.24, 2.45) is 0 Å². The number of hydrogen-bond acceptors (Lipinski definition) is 1. The molecular weight excluding hydrogens is 711 g/mol. The fraction of sp³-hybridized carbons (Fsp3) is 0.0345. The van der Waals surface area contributed by atoms with Gasteiger partial charge < -0.3 is 4.90 Å². The number of hydrogen-bond donors (Lipinski definition) is 0. The van der Waals surface area contributed by atoms with Crippen molar-refractivity contribution in [2.45, 2.75) is 12.3 Å². The normalized spacial score (nSPS) is 14.3. The summed E-state index contributed by atoms with van der Waals surface area (Å²) in [7, 11) is 0. The van der Waals surface area contributed by atoms with Crippen LogP contribution in [0.2, 0.25) is 0 Å². The fourth-order valence-corrected chi connectivity index (χ4v) is 9.61. The van der Waals surface area contributed by atoms with Gasteiger partial charge in [0.1, 0.15) is 0 Å². The van der Waals surface area contributed by atoms with Gasteiger partial charge in [0.05, 0.1) is 5.69 Å². The van der Waals surface area contributed by atoms with Gasteiger partial charge in [-0.2, -0.15) is 0 Å². The number of para-hydroxylation sites is 1. The van der Waals surface area contributed by atoms with Crippen molar-refractivity contribution >= 4 is 38.6 Å². The van der Waals surface area contributed by atoms with Crippen LogP contribution in [-0.2, 0) is 5.41 Å². The average molecular weight is 752 g/mol. The molecule has 0 radical (unpaired) electrons. The smallest absolute Gasteiger partial charge is 0.0540 e. The molecule has 10 aromatic rings. The van der Waals surface area contributed by atoms with Crippen LogP contribution in [-0.4, -0.2) is 0 Å². The highest BCUT2D eigenvalue weighted by Crippen LogP contribution is 2.56. The highest BCUT2D eigenvalue weighted by atomic mass is 15.1. The van der Waals surface area contributed by atoms with Crippen LogP contribution in [0.4, 0.5) is 17.1 Å². The lowest BCUT2D eigenvalue weighted by atomic mass is 9.74. The zero-order chi connectivity index (χ0) is 39.3. The predicted molar refractivity (Wildman–Crippen MR) is 250 cm³/mol. The molecule has 0 aliphatic heterocycles. The Morgan fingerprint density at radius 2 is 0.881 bits per heavy atom. The second kappa shape index (κ2) is 14.2. The van der Waals surface area contributed by atoms with Gasteiger partial charge in [-0.1, -0.05) is 200 Å². The number of anilines is 3. The van der Waals surface area contributed by atoms with Crippen molar-refractivity contribution in [2.75, 3.05) is 4.90 Å². The first kappa shape index (κ1) is 34.7. The Bertz CT molecular complexity index is 3150. The number of benzene rings is 10.